The predicted molar refractivity (Wildman–Crippen MR) is 87.2 cm³/mol. The Morgan fingerprint density at radius 1 is 1.36 bits per heavy atom. The lowest BCUT2D eigenvalue weighted by atomic mass is 10.1. The molecule has 5 nitrogen and oxygen atoms in total. The summed E-state index contributed by atoms with van der Waals surface area (Å²) in [5, 5.41) is 6.31. The largest absolute Gasteiger partial charge is 0.493 e. The Morgan fingerprint density at radius 3 is 2.82 bits per heavy atom. The zero-order valence-electron chi connectivity index (χ0n) is 13.2. The van der Waals surface area contributed by atoms with Crippen molar-refractivity contribution in [3.8, 4) is 11.5 Å². The van der Waals surface area contributed by atoms with Gasteiger partial charge in [-0.1, -0.05) is 6.07 Å². The molecule has 2 N–H and O–H groups in total. The van der Waals surface area contributed by atoms with Crippen LogP contribution in [0.25, 0.3) is 6.08 Å². The first-order chi connectivity index (χ1) is 10.7. The average molecular weight is 304 g/mol. The molecule has 0 spiro atoms. The molecule has 1 saturated heterocycles. The van der Waals surface area contributed by atoms with Crippen LogP contribution in [-0.2, 0) is 4.79 Å². The molecule has 1 aromatic rings. The second-order valence-corrected chi connectivity index (χ2v) is 5.21. The van der Waals surface area contributed by atoms with Crippen LogP contribution < -0.4 is 20.1 Å². The van der Waals surface area contributed by atoms with E-state index >= 15 is 0 Å². The fourth-order valence-corrected chi connectivity index (χ4v) is 2.45. The minimum absolute atomic E-state index is 0.0558. The minimum Gasteiger partial charge on any atom is -0.493 e. The number of methoxy groups -OCH3 is 1. The molecule has 0 bridgehead atoms. The topological polar surface area (TPSA) is 59.6 Å². The van der Waals surface area contributed by atoms with Crippen molar-refractivity contribution in [1.82, 2.24) is 10.6 Å². The summed E-state index contributed by atoms with van der Waals surface area (Å²) < 4.78 is 10.8. The van der Waals surface area contributed by atoms with Crippen LogP contribution in [0.5, 0.6) is 11.5 Å². The Kier molecular flexibility index (Phi) is 6.27. The van der Waals surface area contributed by atoms with E-state index in [1.807, 2.05) is 25.1 Å². The Morgan fingerprint density at radius 2 is 2.14 bits per heavy atom. The number of rotatable bonds is 6. The van der Waals surface area contributed by atoms with Crippen molar-refractivity contribution < 1.29 is 14.3 Å². The normalized spacial score (nSPS) is 15.7. The van der Waals surface area contributed by atoms with Gasteiger partial charge in [0.2, 0.25) is 5.91 Å². The van der Waals surface area contributed by atoms with Crippen LogP contribution in [0.3, 0.4) is 0 Å². The van der Waals surface area contributed by atoms with Crippen molar-refractivity contribution in [2.24, 2.45) is 0 Å². The third-order valence-corrected chi connectivity index (χ3v) is 3.60. The van der Waals surface area contributed by atoms with Gasteiger partial charge in [0.05, 0.1) is 13.7 Å². The van der Waals surface area contributed by atoms with Gasteiger partial charge in [0.1, 0.15) is 0 Å². The molecule has 0 atom stereocenters. The van der Waals surface area contributed by atoms with Gasteiger partial charge in [-0.25, -0.2) is 0 Å². The van der Waals surface area contributed by atoms with Gasteiger partial charge in [0.25, 0.3) is 0 Å². The molecule has 1 aromatic carbocycles. The van der Waals surface area contributed by atoms with Crippen molar-refractivity contribution in [3.63, 3.8) is 0 Å². The first kappa shape index (κ1) is 16.4. The first-order valence-corrected chi connectivity index (χ1v) is 7.73. The predicted octanol–water partition coefficient (Wildman–Crippen LogP) is 1.98. The Hall–Kier alpha value is -2.01. The van der Waals surface area contributed by atoms with Crippen LogP contribution in [0.1, 0.15) is 25.3 Å². The lowest BCUT2D eigenvalue weighted by molar-refractivity contribution is -0.117. The van der Waals surface area contributed by atoms with E-state index in [0.717, 1.165) is 31.5 Å². The van der Waals surface area contributed by atoms with E-state index in [-0.39, 0.29) is 11.9 Å². The van der Waals surface area contributed by atoms with Gasteiger partial charge in [-0.15, -0.1) is 0 Å². The third-order valence-electron chi connectivity index (χ3n) is 3.60. The lowest BCUT2D eigenvalue weighted by Gasteiger charge is -2.22. The molecular weight excluding hydrogens is 280 g/mol. The SMILES string of the molecule is CCOc1ccc(/C=C/C(=O)NC2CCNCC2)cc1OC. The smallest absolute Gasteiger partial charge is 0.244 e. The van der Waals surface area contributed by atoms with E-state index in [4.69, 9.17) is 9.47 Å². The maximum Gasteiger partial charge on any atom is 0.244 e. The van der Waals surface area contributed by atoms with E-state index in [1.165, 1.54) is 0 Å². The molecule has 1 amide bonds. The van der Waals surface area contributed by atoms with Crippen molar-refractivity contribution >= 4 is 12.0 Å². The monoisotopic (exact) mass is 304 g/mol. The molecule has 0 radical (unpaired) electrons. The summed E-state index contributed by atoms with van der Waals surface area (Å²) in [6, 6.07) is 5.89. The van der Waals surface area contributed by atoms with Crippen LogP contribution in [-0.4, -0.2) is 38.8 Å². The number of carbonyl (C=O) groups excluding carboxylic acids is 1. The Labute approximate surface area is 131 Å². The molecule has 0 aliphatic carbocycles. The molecule has 0 saturated carbocycles. The van der Waals surface area contributed by atoms with Crippen molar-refractivity contribution in [2.75, 3.05) is 26.8 Å². The molecule has 1 fully saturated rings. The average Bonchev–Trinajstić information content (AvgIpc) is 2.55. The highest BCUT2D eigenvalue weighted by Gasteiger charge is 2.13. The number of hydrogen-bond donors (Lipinski definition) is 2. The second kappa shape index (κ2) is 8.44. The molecule has 120 valence electrons. The summed E-state index contributed by atoms with van der Waals surface area (Å²) in [5.74, 6) is 1.32. The third kappa shape index (κ3) is 4.77. The fraction of sp³-hybridized carbons (Fsp3) is 0.471. The number of piperidine rings is 1. The quantitative estimate of drug-likeness (QED) is 0.789. The zero-order valence-corrected chi connectivity index (χ0v) is 13.2. The van der Waals surface area contributed by atoms with Gasteiger partial charge in [-0.2, -0.15) is 0 Å². The maximum absolute atomic E-state index is 11.9. The Balaban J connectivity index is 1.95. The summed E-state index contributed by atoms with van der Waals surface area (Å²) in [4.78, 5) is 11.9. The summed E-state index contributed by atoms with van der Waals surface area (Å²) in [5.41, 5.74) is 0.903. The number of benzene rings is 1. The molecule has 22 heavy (non-hydrogen) atoms. The standard InChI is InChI=1S/C17H24N2O3/c1-3-22-15-6-4-13(12-16(15)21-2)5-7-17(20)19-14-8-10-18-11-9-14/h4-7,12,14,18H,3,8-11H2,1-2H3,(H,19,20)/b7-5+. The number of amides is 1. The fourth-order valence-electron chi connectivity index (χ4n) is 2.45. The van der Waals surface area contributed by atoms with E-state index in [0.29, 0.717) is 18.1 Å². The minimum atomic E-state index is -0.0558. The van der Waals surface area contributed by atoms with Crippen molar-refractivity contribution in [1.29, 1.82) is 0 Å². The first-order valence-electron chi connectivity index (χ1n) is 7.73. The molecule has 5 heteroatoms. The second-order valence-electron chi connectivity index (χ2n) is 5.21. The number of nitrogens with one attached hydrogen (secondary N) is 2. The zero-order chi connectivity index (χ0) is 15.8. The van der Waals surface area contributed by atoms with Gasteiger partial charge < -0.3 is 20.1 Å². The van der Waals surface area contributed by atoms with Gasteiger partial charge in [-0.3, -0.25) is 4.79 Å². The molecule has 1 heterocycles. The number of hydrogen-bond acceptors (Lipinski definition) is 4. The van der Waals surface area contributed by atoms with E-state index in [1.54, 1.807) is 19.3 Å². The van der Waals surface area contributed by atoms with E-state index in [9.17, 15) is 4.79 Å². The van der Waals surface area contributed by atoms with Gasteiger partial charge in [-0.05, 0) is 56.6 Å². The van der Waals surface area contributed by atoms with Gasteiger partial charge in [0, 0.05) is 12.1 Å². The summed E-state index contributed by atoms with van der Waals surface area (Å²) >= 11 is 0. The molecule has 0 unspecified atom stereocenters. The number of carbonyl (C=O) groups is 1. The van der Waals surface area contributed by atoms with Gasteiger partial charge in [0.15, 0.2) is 11.5 Å². The van der Waals surface area contributed by atoms with Crippen LogP contribution in [0.2, 0.25) is 0 Å². The van der Waals surface area contributed by atoms with E-state index < -0.39 is 0 Å². The van der Waals surface area contributed by atoms with Crippen LogP contribution in [0, 0.1) is 0 Å². The maximum atomic E-state index is 11.9. The summed E-state index contributed by atoms with van der Waals surface area (Å²) in [6.45, 7) is 4.44. The molecule has 0 aromatic heterocycles. The molecule has 1 aliphatic rings. The van der Waals surface area contributed by atoms with Gasteiger partial charge >= 0.3 is 0 Å². The Bertz CT molecular complexity index is 523. The highest BCUT2D eigenvalue weighted by molar-refractivity contribution is 5.92. The van der Waals surface area contributed by atoms with E-state index in [2.05, 4.69) is 10.6 Å². The molecule has 1 aliphatic heterocycles. The molecular formula is C17H24N2O3. The summed E-state index contributed by atoms with van der Waals surface area (Å²) in [6.07, 6.45) is 5.32. The van der Waals surface area contributed by atoms with Crippen LogP contribution in [0.15, 0.2) is 24.3 Å². The van der Waals surface area contributed by atoms with Crippen LogP contribution in [0.4, 0.5) is 0 Å². The highest BCUT2D eigenvalue weighted by Crippen LogP contribution is 2.28. The van der Waals surface area contributed by atoms with Crippen molar-refractivity contribution in [3.05, 3.63) is 29.8 Å². The number of ether oxygens (including phenoxy) is 2. The summed E-state index contributed by atoms with van der Waals surface area (Å²) in [7, 11) is 1.61. The lowest BCUT2D eigenvalue weighted by Crippen LogP contribution is -2.42. The van der Waals surface area contributed by atoms with Crippen LogP contribution >= 0.6 is 0 Å². The molecule has 2 rings (SSSR count). The van der Waals surface area contributed by atoms with Crippen molar-refractivity contribution in [2.45, 2.75) is 25.8 Å². The highest BCUT2D eigenvalue weighted by atomic mass is 16.5.